The summed E-state index contributed by atoms with van der Waals surface area (Å²) in [5, 5.41) is 4.46. The van der Waals surface area contributed by atoms with Crippen LogP contribution in [0, 0.1) is 0 Å². The number of nitrogens with one attached hydrogen (secondary N) is 1. The van der Waals surface area contributed by atoms with E-state index >= 15 is 0 Å². The third kappa shape index (κ3) is 10.3. The number of unbranched alkanes of at least 4 members (excludes halogenated alkanes) is 10. The maximum absolute atomic E-state index is 14.1. The summed E-state index contributed by atoms with van der Waals surface area (Å²) in [5.41, 5.74) is 2.99. The van der Waals surface area contributed by atoms with E-state index in [-0.39, 0.29) is 5.56 Å². The molecule has 0 bridgehead atoms. The second-order valence-electron chi connectivity index (χ2n) is 11.3. The van der Waals surface area contributed by atoms with Gasteiger partial charge in [-0.3, -0.25) is 4.79 Å². The Hall–Kier alpha value is -3.21. The van der Waals surface area contributed by atoms with E-state index in [1.807, 2.05) is 23.6 Å². The van der Waals surface area contributed by atoms with Gasteiger partial charge in [0.1, 0.15) is 0 Å². The van der Waals surface area contributed by atoms with Gasteiger partial charge in [-0.1, -0.05) is 115 Å². The third-order valence-electron chi connectivity index (χ3n) is 7.90. The number of fused-ring (bicyclic) bond motifs is 1. The van der Waals surface area contributed by atoms with Crippen molar-refractivity contribution in [2.24, 2.45) is 0 Å². The molecule has 1 heterocycles. The average Bonchev–Trinajstić information content (AvgIpc) is 3.02. The standard InChI is InChI=1S/C37H54N2O3/c1-5-9-11-13-15-20-26-39-34-28-31(38-29-30-22-18-17-19-23-30)24-25-33(34)35(42-32(7-3)8-4)36(37(39)40)41-27-21-16-14-12-10-6-2/h7,17-19,22-25,28,38H,5-6,8-16,20-21,26-27,29H2,1-4H3. The van der Waals surface area contributed by atoms with E-state index in [1.54, 1.807) is 0 Å². The molecule has 230 valence electrons. The van der Waals surface area contributed by atoms with Crippen molar-refractivity contribution in [3.05, 3.63) is 76.3 Å². The summed E-state index contributed by atoms with van der Waals surface area (Å²) < 4.78 is 14.7. The zero-order chi connectivity index (χ0) is 30.0. The Balaban J connectivity index is 1.96. The van der Waals surface area contributed by atoms with Crippen molar-refractivity contribution < 1.29 is 9.47 Å². The smallest absolute Gasteiger partial charge is 0.297 e. The highest BCUT2D eigenvalue weighted by Crippen LogP contribution is 2.36. The van der Waals surface area contributed by atoms with Crippen molar-refractivity contribution in [2.45, 2.75) is 124 Å². The van der Waals surface area contributed by atoms with Gasteiger partial charge in [0.2, 0.25) is 5.75 Å². The fourth-order valence-electron chi connectivity index (χ4n) is 5.33. The first-order valence-corrected chi connectivity index (χ1v) is 16.6. The lowest BCUT2D eigenvalue weighted by molar-refractivity contribution is 0.280. The molecule has 42 heavy (non-hydrogen) atoms. The van der Waals surface area contributed by atoms with Crippen LogP contribution in [0.2, 0.25) is 0 Å². The van der Waals surface area contributed by atoms with Crippen LogP contribution in [0.1, 0.15) is 117 Å². The number of anilines is 1. The summed E-state index contributed by atoms with van der Waals surface area (Å²) in [6.07, 6.45) is 16.8. The van der Waals surface area contributed by atoms with Gasteiger partial charge in [0.15, 0.2) is 5.75 Å². The molecule has 3 aromatic rings. The molecule has 0 spiro atoms. The number of hydrogen-bond acceptors (Lipinski definition) is 4. The summed E-state index contributed by atoms with van der Waals surface area (Å²) in [4.78, 5) is 14.1. The van der Waals surface area contributed by atoms with E-state index in [0.717, 1.165) is 61.0 Å². The minimum atomic E-state index is -0.0937. The molecule has 0 aliphatic heterocycles. The van der Waals surface area contributed by atoms with E-state index in [0.29, 0.717) is 24.7 Å². The van der Waals surface area contributed by atoms with Crippen molar-refractivity contribution in [1.29, 1.82) is 0 Å². The Morgan fingerprint density at radius 1 is 0.810 bits per heavy atom. The molecule has 2 aromatic carbocycles. The molecule has 0 saturated carbocycles. The molecular weight excluding hydrogens is 520 g/mol. The normalized spacial score (nSPS) is 11.7. The molecule has 1 N–H and O–H groups in total. The molecule has 0 saturated heterocycles. The summed E-state index contributed by atoms with van der Waals surface area (Å²) in [5.74, 6) is 1.73. The minimum absolute atomic E-state index is 0.0937. The van der Waals surface area contributed by atoms with Crippen LogP contribution in [0.25, 0.3) is 10.9 Å². The number of hydrogen-bond donors (Lipinski definition) is 1. The topological polar surface area (TPSA) is 52.5 Å². The van der Waals surface area contributed by atoms with Gasteiger partial charge in [-0.05, 0) is 49.6 Å². The van der Waals surface area contributed by atoms with Gasteiger partial charge in [0.25, 0.3) is 5.56 Å². The Morgan fingerprint density at radius 3 is 2.14 bits per heavy atom. The Labute approximate surface area is 254 Å². The number of ether oxygens (including phenoxy) is 2. The minimum Gasteiger partial charge on any atom is -0.485 e. The Morgan fingerprint density at radius 2 is 1.48 bits per heavy atom. The lowest BCUT2D eigenvalue weighted by Gasteiger charge is -2.20. The summed E-state index contributed by atoms with van der Waals surface area (Å²) in [6, 6.07) is 16.6. The van der Waals surface area contributed by atoms with Crippen molar-refractivity contribution in [3.8, 4) is 11.5 Å². The molecule has 0 aliphatic carbocycles. The maximum Gasteiger partial charge on any atom is 0.297 e. The van der Waals surface area contributed by atoms with Crippen LogP contribution in [0.3, 0.4) is 0 Å². The lowest BCUT2D eigenvalue weighted by Crippen LogP contribution is -2.24. The summed E-state index contributed by atoms with van der Waals surface area (Å²) >= 11 is 0. The number of pyridine rings is 1. The van der Waals surface area contributed by atoms with Crippen molar-refractivity contribution >= 4 is 16.6 Å². The van der Waals surface area contributed by atoms with Crippen LogP contribution in [-0.2, 0) is 13.1 Å². The van der Waals surface area contributed by atoms with Crippen LogP contribution in [-0.4, -0.2) is 11.2 Å². The number of benzene rings is 2. The molecule has 0 aliphatic rings. The first kappa shape index (κ1) is 33.3. The van der Waals surface area contributed by atoms with E-state index < -0.39 is 0 Å². The van der Waals surface area contributed by atoms with E-state index in [4.69, 9.17) is 9.47 Å². The monoisotopic (exact) mass is 574 g/mol. The summed E-state index contributed by atoms with van der Waals surface area (Å²) in [7, 11) is 0. The Bertz CT molecular complexity index is 1280. The van der Waals surface area contributed by atoms with Crippen LogP contribution in [0.5, 0.6) is 11.5 Å². The highest BCUT2D eigenvalue weighted by Gasteiger charge is 2.21. The molecule has 3 rings (SSSR count). The molecule has 1 aromatic heterocycles. The highest BCUT2D eigenvalue weighted by atomic mass is 16.5. The van der Waals surface area contributed by atoms with Crippen LogP contribution >= 0.6 is 0 Å². The van der Waals surface area contributed by atoms with E-state index in [9.17, 15) is 4.79 Å². The quantitative estimate of drug-likeness (QED) is 0.102. The first-order valence-electron chi connectivity index (χ1n) is 16.6. The first-order chi connectivity index (χ1) is 20.6. The molecule has 0 amide bonds. The second-order valence-corrected chi connectivity index (χ2v) is 11.3. The largest absolute Gasteiger partial charge is 0.485 e. The number of aryl methyl sites for hydroxylation is 1. The fourth-order valence-corrected chi connectivity index (χ4v) is 5.33. The van der Waals surface area contributed by atoms with Crippen LogP contribution < -0.4 is 20.3 Å². The molecule has 0 radical (unpaired) electrons. The van der Waals surface area contributed by atoms with Crippen molar-refractivity contribution in [1.82, 2.24) is 4.57 Å². The number of nitrogens with zero attached hydrogens (tertiary/aromatic N) is 1. The Kier molecular flexibility index (Phi) is 15.1. The lowest BCUT2D eigenvalue weighted by atomic mass is 10.1. The van der Waals surface area contributed by atoms with Crippen molar-refractivity contribution in [2.75, 3.05) is 11.9 Å². The molecular formula is C37H54N2O3. The van der Waals surface area contributed by atoms with Crippen LogP contribution in [0.4, 0.5) is 5.69 Å². The van der Waals surface area contributed by atoms with Gasteiger partial charge in [0, 0.05) is 30.6 Å². The third-order valence-corrected chi connectivity index (χ3v) is 7.90. The SMILES string of the molecule is CC=C(CC)Oc1c(OCCCCCCCC)c(=O)n(CCCCCCCC)c2cc(NCc3ccccc3)ccc12. The van der Waals surface area contributed by atoms with E-state index in [1.165, 1.54) is 56.9 Å². The van der Waals surface area contributed by atoms with Gasteiger partial charge < -0.3 is 19.4 Å². The predicted octanol–water partition coefficient (Wildman–Crippen LogP) is 10.4. The second kappa shape index (κ2) is 19.1. The molecule has 0 atom stereocenters. The van der Waals surface area contributed by atoms with Crippen LogP contribution in [0.15, 0.2) is 65.2 Å². The summed E-state index contributed by atoms with van der Waals surface area (Å²) in [6.45, 7) is 10.4. The van der Waals surface area contributed by atoms with E-state index in [2.05, 4.69) is 68.6 Å². The fraction of sp³-hybridized carbons (Fsp3) is 0.541. The molecule has 0 fully saturated rings. The van der Waals surface area contributed by atoms with Gasteiger partial charge in [-0.2, -0.15) is 0 Å². The van der Waals surface area contributed by atoms with Crippen molar-refractivity contribution in [3.63, 3.8) is 0 Å². The van der Waals surface area contributed by atoms with Gasteiger partial charge in [0.05, 0.1) is 17.9 Å². The zero-order valence-corrected chi connectivity index (χ0v) is 26.7. The van der Waals surface area contributed by atoms with Gasteiger partial charge >= 0.3 is 0 Å². The molecule has 5 nitrogen and oxygen atoms in total. The number of allylic oxidation sites excluding steroid dienone is 2. The van der Waals surface area contributed by atoms with Gasteiger partial charge in [-0.25, -0.2) is 0 Å². The highest BCUT2D eigenvalue weighted by molar-refractivity contribution is 5.90. The number of aromatic nitrogens is 1. The maximum atomic E-state index is 14.1. The molecule has 5 heteroatoms. The zero-order valence-electron chi connectivity index (χ0n) is 26.7. The predicted molar refractivity (Wildman–Crippen MR) is 179 cm³/mol. The number of rotatable bonds is 21. The van der Waals surface area contributed by atoms with Gasteiger partial charge in [-0.15, -0.1) is 0 Å². The average molecular weight is 575 g/mol. The molecule has 0 unspecified atom stereocenters.